The molecule has 0 fully saturated rings. The van der Waals surface area contributed by atoms with Crippen molar-refractivity contribution < 1.29 is 18.9 Å². The lowest BCUT2D eigenvalue weighted by Crippen LogP contribution is -2.16. The van der Waals surface area contributed by atoms with Crippen LogP contribution in [0.1, 0.15) is 17.2 Å². The summed E-state index contributed by atoms with van der Waals surface area (Å²) in [5.41, 5.74) is 8.15. The molecule has 2 N–H and O–H groups in total. The molecular formula is C13H19NO4. The van der Waals surface area contributed by atoms with E-state index in [9.17, 15) is 0 Å². The predicted molar refractivity (Wildman–Crippen MR) is 67.5 cm³/mol. The zero-order valence-electron chi connectivity index (χ0n) is 11.0. The molecule has 0 bridgehead atoms. The summed E-state index contributed by atoms with van der Waals surface area (Å²) in [6, 6.07) is 1.74. The lowest BCUT2D eigenvalue weighted by molar-refractivity contribution is 0.131. The molecule has 5 nitrogen and oxygen atoms in total. The second-order valence-electron chi connectivity index (χ2n) is 4.14. The van der Waals surface area contributed by atoms with Gasteiger partial charge >= 0.3 is 0 Å². The molecule has 1 aromatic carbocycles. The number of nitrogens with two attached hydrogens (primary N) is 1. The van der Waals surface area contributed by atoms with Gasteiger partial charge in [0, 0.05) is 5.56 Å². The van der Waals surface area contributed by atoms with Gasteiger partial charge in [-0.25, -0.2) is 0 Å². The highest BCUT2D eigenvalue weighted by Crippen LogP contribution is 2.44. The van der Waals surface area contributed by atoms with Crippen molar-refractivity contribution in [3.8, 4) is 17.2 Å². The van der Waals surface area contributed by atoms with E-state index in [0.29, 0.717) is 30.5 Å². The topological polar surface area (TPSA) is 62.9 Å². The Kier molecular flexibility index (Phi) is 3.93. The molecule has 100 valence electrons. The number of rotatable bonds is 3. The molecule has 0 radical (unpaired) electrons. The van der Waals surface area contributed by atoms with Crippen molar-refractivity contribution in [1.82, 2.24) is 0 Å². The van der Waals surface area contributed by atoms with Crippen molar-refractivity contribution in [1.29, 1.82) is 0 Å². The second-order valence-corrected chi connectivity index (χ2v) is 4.14. The van der Waals surface area contributed by atoms with Crippen molar-refractivity contribution in [2.24, 2.45) is 5.73 Å². The Morgan fingerprint density at radius 1 is 1.17 bits per heavy atom. The molecule has 0 saturated heterocycles. The Hall–Kier alpha value is -1.46. The largest absolute Gasteiger partial charge is 0.493 e. The minimum Gasteiger partial charge on any atom is -0.493 e. The molecule has 0 aliphatic carbocycles. The third-order valence-electron chi connectivity index (χ3n) is 3.16. The number of fused-ring (bicyclic) bond motifs is 1. The van der Waals surface area contributed by atoms with Gasteiger partial charge in [-0.1, -0.05) is 0 Å². The van der Waals surface area contributed by atoms with Crippen molar-refractivity contribution in [3.05, 3.63) is 17.2 Å². The maximum atomic E-state index is 6.11. The highest BCUT2D eigenvalue weighted by atomic mass is 16.5. The SMILES string of the molecule is COc1cc2c(c(OC)c1OC)CCOCC2N. The number of hydrogen-bond acceptors (Lipinski definition) is 5. The molecule has 0 aromatic heterocycles. The first-order chi connectivity index (χ1) is 8.72. The summed E-state index contributed by atoms with van der Waals surface area (Å²) in [6.07, 6.45) is 0.757. The lowest BCUT2D eigenvalue weighted by atomic mass is 9.97. The van der Waals surface area contributed by atoms with Gasteiger partial charge in [0.1, 0.15) is 0 Å². The van der Waals surface area contributed by atoms with Crippen LogP contribution in [0.5, 0.6) is 17.2 Å². The summed E-state index contributed by atoms with van der Waals surface area (Å²) < 4.78 is 21.6. The van der Waals surface area contributed by atoms with Gasteiger partial charge in [0.05, 0.1) is 40.6 Å². The van der Waals surface area contributed by atoms with Gasteiger partial charge in [0.25, 0.3) is 0 Å². The molecule has 1 heterocycles. The molecule has 1 aliphatic rings. The second kappa shape index (κ2) is 5.46. The maximum Gasteiger partial charge on any atom is 0.203 e. The standard InChI is InChI=1S/C13H19NO4/c1-15-11-6-9-8(4-5-18-7-10(9)14)12(16-2)13(11)17-3/h6,10H,4-5,7,14H2,1-3H3. The van der Waals surface area contributed by atoms with Crippen molar-refractivity contribution >= 4 is 0 Å². The van der Waals surface area contributed by atoms with E-state index in [2.05, 4.69) is 0 Å². The molecule has 1 aliphatic heterocycles. The molecule has 0 amide bonds. The van der Waals surface area contributed by atoms with Gasteiger partial charge < -0.3 is 24.7 Å². The molecule has 2 rings (SSSR count). The minimum absolute atomic E-state index is 0.170. The summed E-state index contributed by atoms with van der Waals surface area (Å²) in [4.78, 5) is 0. The van der Waals surface area contributed by atoms with Crippen molar-refractivity contribution in [2.75, 3.05) is 34.5 Å². The minimum atomic E-state index is -0.170. The van der Waals surface area contributed by atoms with Crippen LogP contribution in [-0.4, -0.2) is 34.5 Å². The monoisotopic (exact) mass is 253 g/mol. The van der Waals surface area contributed by atoms with Crippen LogP contribution in [0.15, 0.2) is 6.07 Å². The average Bonchev–Trinajstić information content (AvgIpc) is 2.58. The van der Waals surface area contributed by atoms with Crippen molar-refractivity contribution in [3.63, 3.8) is 0 Å². The van der Waals surface area contributed by atoms with E-state index in [1.165, 1.54) is 0 Å². The van der Waals surface area contributed by atoms with E-state index in [1.54, 1.807) is 21.3 Å². The zero-order chi connectivity index (χ0) is 13.1. The number of hydrogen-bond donors (Lipinski definition) is 1. The number of benzene rings is 1. The fourth-order valence-electron chi connectivity index (χ4n) is 2.30. The highest BCUT2D eigenvalue weighted by Gasteiger charge is 2.25. The molecule has 1 atom stereocenters. The van der Waals surface area contributed by atoms with E-state index in [1.807, 2.05) is 6.07 Å². The van der Waals surface area contributed by atoms with Crippen molar-refractivity contribution in [2.45, 2.75) is 12.5 Å². The Labute approximate surface area is 107 Å². The summed E-state index contributed by atoms with van der Waals surface area (Å²) in [5.74, 6) is 1.92. The Bertz CT molecular complexity index is 433. The summed E-state index contributed by atoms with van der Waals surface area (Å²) in [6.45, 7) is 1.14. The van der Waals surface area contributed by atoms with Crippen LogP contribution in [0.2, 0.25) is 0 Å². The molecule has 0 saturated carbocycles. The van der Waals surface area contributed by atoms with E-state index in [0.717, 1.165) is 17.5 Å². The molecule has 1 unspecified atom stereocenters. The first-order valence-electron chi connectivity index (χ1n) is 5.88. The molecule has 0 spiro atoms. The summed E-state index contributed by atoms with van der Waals surface area (Å²) in [5, 5.41) is 0. The smallest absolute Gasteiger partial charge is 0.203 e. The predicted octanol–water partition coefficient (Wildman–Crippen LogP) is 1.28. The number of methoxy groups -OCH3 is 3. The van der Waals surface area contributed by atoms with Gasteiger partial charge in [-0.05, 0) is 18.1 Å². The fraction of sp³-hybridized carbons (Fsp3) is 0.538. The van der Waals surface area contributed by atoms with E-state index in [-0.39, 0.29) is 6.04 Å². The Morgan fingerprint density at radius 3 is 2.50 bits per heavy atom. The van der Waals surface area contributed by atoms with Crippen LogP contribution >= 0.6 is 0 Å². The summed E-state index contributed by atoms with van der Waals surface area (Å²) >= 11 is 0. The van der Waals surface area contributed by atoms with Gasteiger partial charge in [-0.15, -0.1) is 0 Å². The van der Waals surface area contributed by atoms with Crippen LogP contribution in [0.25, 0.3) is 0 Å². The van der Waals surface area contributed by atoms with Crippen LogP contribution < -0.4 is 19.9 Å². The van der Waals surface area contributed by atoms with Gasteiger partial charge in [-0.2, -0.15) is 0 Å². The third-order valence-corrected chi connectivity index (χ3v) is 3.16. The van der Waals surface area contributed by atoms with E-state index >= 15 is 0 Å². The molecule has 1 aromatic rings. The molecule has 18 heavy (non-hydrogen) atoms. The first kappa shape index (κ1) is 13.0. The van der Waals surface area contributed by atoms with Gasteiger partial charge in [0.2, 0.25) is 5.75 Å². The van der Waals surface area contributed by atoms with Crippen LogP contribution in [0, 0.1) is 0 Å². The first-order valence-corrected chi connectivity index (χ1v) is 5.88. The third kappa shape index (κ3) is 2.11. The van der Waals surface area contributed by atoms with E-state index < -0.39 is 0 Å². The average molecular weight is 253 g/mol. The zero-order valence-corrected chi connectivity index (χ0v) is 11.0. The quantitative estimate of drug-likeness (QED) is 0.879. The highest BCUT2D eigenvalue weighted by molar-refractivity contribution is 5.60. The van der Waals surface area contributed by atoms with Gasteiger partial charge in [-0.3, -0.25) is 0 Å². The van der Waals surface area contributed by atoms with Crippen LogP contribution in [0.4, 0.5) is 0 Å². The van der Waals surface area contributed by atoms with Crippen LogP contribution in [0.3, 0.4) is 0 Å². The maximum absolute atomic E-state index is 6.11. The molecule has 5 heteroatoms. The van der Waals surface area contributed by atoms with Gasteiger partial charge in [0.15, 0.2) is 11.5 Å². The molecular weight excluding hydrogens is 234 g/mol. The Morgan fingerprint density at radius 2 is 1.89 bits per heavy atom. The van der Waals surface area contributed by atoms with Crippen LogP contribution in [-0.2, 0) is 11.2 Å². The Balaban J connectivity index is 2.64. The lowest BCUT2D eigenvalue weighted by Gasteiger charge is -2.20. The summed E-state index contributed by atoms with van der Waals surface area (Å²) in [7, 11) is 4.82. The number of ether oxygens (including phenoxy) is 4. The normalized spacial score (nSPS) is 18.8. The fourth-order valence-corrected chi connectivity index (χ4v) is 2.30. The van der Waals surface area contributed by atoms with E-state index in [4.69, 9.17) is 24.7 Å².